The lowest BCUT2D eigenvalue weighted by Crippen LogP contribution is -2.29. The SMILES string of the molecule is CC/C=C\C/C=C\C/C=C\C/C=C\C/C=C\CCCC(=O)OC(COC(=O)CCCCCCCCCCCCCCCCCCCCCCCCCC/C=C\C/C=C\C/C=C\C/C=C\CC)COP(=O)(O)OCCN. The van der Waals surface area contributed by atoms with Crippen LogP contribution in [0.15, 0.2) is 109 Å². The minimum Gasteiger partial charge on any atom is -0.462 e. The van der Waals surface area contributed by atoms with Gasteiger partial charge in [-0.15, -0.1) is 0 Å². The number of carbonyl (C=O) groups is 2. The molecular weight excluding hydrogens is 954 g/mol. The fraction of sp³-hybridized carbons (Fsp3) is 0.692. The molecule has 75 heavy (non-hydrogen) atoms. The second-order valence-corrected chi connectivity index (χ2v) is 21.3. The van der Waals surface area contributed by atoms with Crippen molar-refractivity contribution in [2.75, 3.05) is 26.4 Å². The molecule has 0 spiro atoms. The van der Waals surface area contributed by atoms with Crippen molar-refractivity contribution in [3.63, 3.8) is 0 Å². The molecule has 0 heterocycles. The highest BCUT2D eigenvalue weighted by atomic mass is 31.2. The molecule has 0 bridgehead atoms. The number of esters is 2. The standard InChI is InChI=1S/C65H112NO8P/c1-3-5-7-9-11-13-15-17-19-21-22-23-24-25-26-27-28-29-30-31-32-33-34-35-36-37-38-39-40-42-43-45-47-49-51-53-55-57-64(67)71-61-63(62-73-75(69,70)72-60-59-66)74-65(68)58-56-54-52-50-48-46-44-41-20-18-16-14-12-10-8-6-4-2/h5-8,11-14,17-20,22-23,44,46,50,52,63H,3-4,9-10,15-16,21,24-43,45,47-49,51,53-62,66H2,1-2H3,(H,69,70)/b7-5-,8-6-,13-11-,14-12-,19-17-,20-18-,23-22-,46-44-,52-50-. The first-order valence-electron chi connectivity index (χ1n) is 30.4. The number of rotatable bonds is 56. The van der Waals surface area contributed by atoms with E-state index in [0.717, 1.165) is 77.0 Å². The van der Waals surface area contributed by atoms with Crippen LogP contribution in [0.25, 0.3) is 0 Å². The number of hydrogen-bond donors (Lipinski definition) is 2. The summed E-state index contributed by atoms with van der Waals surface area (Å²) in [5.74, 6) is -0.894. The topological polar surface area (TPSA) is 134 Å². The quantitative estimate of drug-likeness (QED) is 0.0264. The maximum atomic E-state index is 12.6. The number of phosphoric acid groups is 1. The number of allylic oxidation sites excluding steroid dienone is 18. The Balaban J connectivity index is 3.86. The normalized spacial score (nSPS) is 13.8. The number of unbranched alkanes of at least 4 members (excludes halogenated alkanes) is 25. The van der Waals surface area contributed by atoms with Crippen LogP contribution in [0, 0.1) is 0 Å². The van der Waals surface area contributed by atoms with Crippen LogP contribution in [-0.4, -0.2) is 49.3 Å². The molecule has 3 N–H and O–H groups in total. The third-order valence-corrected chi connectivity index (χ3v) is 13.6. The van der Waals surface area contributed by atoms with Crippen LogP contribution in [-0.2, 0) is 32.7 Å². The van der Waals surface area contributed by atoms with Gasteiger partial charge in [0.2, 0.25) is 0 Å². The lowest BCUT2D eigenvalue weighted by atomic mass is 10.0. The first-order chi connectivity index (χ1) is 36.8. The van der Waals surface area contributed by atoms with Gasteiger partial charge in [0.25, 0.3) is 0 Å². The van der Waals surface area contributed by atoms with E-state index < -0.39 is 32.5 Å². The Morgan fingerprint density at radius 2 is 0.707 bits per heavy atom. The van der Waals surface area contributed by atoms with E-state index in [0.29, 0.717) is 12.8 Å². The summed E-state index contributed by atoms with van der Waals surface area (Å²) in [4.78, 5) is 35.1. The molecule has 0 aromatic rings. The molecule has 0 aliphatic rings. The van der Waals surface area contributed by atoms with Crippen molar-refractivity contribution in [1.82, 2.24) is 0 Å². The molecule has 2 unspecified atom stereocenters. The lowest BCUT2D eigenvalue weighted by Gasteiger charge is -2.19. The highest BCUT2D eigenvalue weighted by Crippen LogP contribution is 2.43. The van der Waals surface area contributed by atoms with Crippen molar-refractivity contribution < 1.29 is 37.6 Å². The second kappa shape index (κ2) is 59.9. The van der Waals surface area contributed by atoms with Crippen LogP contribution in [0.5, 0.6) is 0 Å². The van der Waals surface area contributed by atoms with Crippen LogP contribution in [0.2, 0.25) is 0 Å². The third-order valence-electron chi connectivity index (χ3n) is 12.7. The fourth-order valence-electron chi connectivity index (χ4n) is 8.25. The van der Waals surface area contributed by atoms with Gasteiger partial charge in [0.15, 0.2) is 6.10 Å². The van der Waals surface area contributed by atoms with Crippen LogP contribution in [0.3, 0.4) is 0 Å². The number of nitrogens with two attached hydrogens (primary N) is 1. The van der Waals surface area contributed by atoms with E-state index in [9.17, 15) is 19.0 Å². The lowest BCUT2D eigenvalue weighted by molar-refractivity contribution is -0.161. The third kappa shape index (κ3) is 59.8. The van der Waals surface area contributed by atoms with E-state index in [4.69, 9.17) is 24.3 Å². The average Bonchev–Trinajstić information content (AvgIpc) is 3.40. The Kier molecular flexibility index (Phi) is 57.2. The van der Waals surface area contributed by atoms with E-state index in [2.05, 4.69) is 117 Å². The van der Waals surface area contributed by atoms with Crippen molar-refractivity contribution in [1.29, 1.82) is 0 Å². The molecule has 0 saturated carbocycles. The molecule has 430 valence electrons. The molecule has 0 fully saturated rings. The molecule has 2 atom stereocenters. The molecule has 0 aliphatic carbocycles. The molecule has 0 amide bonds. The summed E-state index contributed by atoms with van der Waals surface area (Å²) in [7, 11) is -4.41. The van der Waals surface area contributed by atoms with Crippen molar-refractivity contribution in [3.8, 4) is 0 Å². The zero-order valence-electron chi connectivity index (χ0n) is 48.0. The first kappa shape index (κ1) is 71.7. The molecule has 0 rings (SSSR count). The number of hydrogen-bond acceptors (Lipinski definition) is 8. The highest BCUT2D eigenvalue weighted by molar-refractivity contribution is 7.47. The Morgan fingerprint density at radius 3 is 1.07 bits per heavy atom. The van der Waals surface area contributed by atoms with Gasteiger partial charge in [-0.05, 0) is 89.9 Å². The van der Waals surface area contributed by atoms with E-state index in [1.807, 2.05) is 6.08 Å². The molecule has 0 aromatic carbocycles. The van der Waals surface area contributed by atoms with E-state index in [-0.39, 0.29) is 32.6 Å². The largest absolute Gasteiger partial charge is 0.472 e. The Hall–Kier alpha value is -3.33. The van der Waals surface area contributed by atoms with Gasteiger partial charge in [-0.3, -0.25) is 18.6 Å². The predicted molar refractivity (Wildman–Crippen MR) is 321 cm³/mol. The molecule has 0 aliphatic heterocycles. The van der Waals surface area contributed by atoms with Gasteiger partial charge in [-0.1, -0.05) is 264 Å². The van der Waals surface area contributed by atoms with Gasteiger partial charge in [0.05, 0.1) is 13.2 Å². The Morgan fingerprint density at radius 1 is 0.400 bits per heavy atom. The van der Waals surface area contributed by atoms with Crippen LogP contribution in [0.1, 0.15) is 258 Å². The molecule has 0 aromatic heterocycles. The summed E-state index contributed by atoms with van der Waals surface area (Å²) in [6.45, 7) is 3.46. The van der Waals surface area contributed by atoms with Gasteiger partial charge in [0, 0.05) is 19.4 Å². The van der Waals surface area contributed by atoms with Crippen molar-refractivity contribution >= 4 is 19.8 Å². The van der Waals surface area contributed by atoms with Gasteiger partial charge < -0.3 is 20.1 Å². The van der Waals surface area contributed by atoms with Gasteiger partial charge in [-0.2, -0.15) is 0 Å². The van der Waals surface area contributed by atoms with Gasteiger partial charge in [0.1, 0.15) is 6.61 Å². The zero-order valence-corrected chi connectivity index (χ0v) is 48.9. The Labute approximate surface area is 460 Å². The van der Waals surface area contributed by atoms with E-state index >= 15 is 0 Å². The minimum atomic E-state index is -4.41. The summed E-state index contributed by atoms with van der Waals surface area (Å²) in [6, 6.07) is 0. The maximum Gasteiger partial charge on any atom is 0.472 e. The number of ether oxygens (including phenoxy) is 2. The van der Waals surface area contributed by atoms with Crippen molar-refractivity contribution in [2.45, 2.75) is 264 Å². The van der Waals surface area contributed by atoms with E-state index in [1.165, 1.54) is 141 Å². The maximum absolute atomic E-state index is 12.6. The fourth-order valence-corrected chi connectivity index (χ4v) is 9.02. The molecule has 0 radical (unpaired) electrons. The smallest absolute Gasteiger partial charge is 0.462 e. The molecule has 0 saturated heterocycles. The Bertz CT molecular complexity index is 1590. The second-order valence-electron chi connectivity index (χ2n) is 19.8. The van der Waals surface area contributed by atoms with Gasteiger partial charge in [-0.25, -0.2) is 4.57 Å². The summed E-state index contributed by atoms with van der Waals surface area (Å²) < 4.78 is 32.9. The molecule has 10 heteroatoms. The number of carbonyl (C=O) groups excluding carboxylic acids is 2. The van der Waals surface area contributed by atoms with Crippen LogP contribution in [0.4, 0.5) is 0 Å². The molecule has 9 nitrogen and oxygen atoms in total. The summed E-state index contributed by atoms with van der Waals surface area (Å²) >= 11 is 0. The summed E-state index contributed by atoms with van der Waals surface area (Å²) in [5, 5.41) is 0. The van der Waals surface area contributed by atoms with E-state index in [1.54, 1.807) is 0 Å². The van der Waals surface area contributed by atoms with Gasteiger partial charge >= 0.3 is 19.8 Å². The minimum absolute atomic E-state index is 0.0410. The number of phosphoric ester groups is 1. The zero-order chi connectivity index (χ0) is 54.5. The average molecular weight is 1070 g/mol. The first-order valence-corrected chi connectivity index (χ1v) is 31.9. The highest BCUT2D eigenvalue weighted by Gasteiger charge is 2.26. The summed E-state index contributed by atoms with van der Waals surface area (Å²) in [6.07, 6.45) is 81.9. The summed E-state index contributed by atoms with van der Waals surface area (Å²) in [5.41, 5.74) is 5.37. The predicted octanol–water partition coefficient (Wildman–Crippen LogP) is 19.4. The van der Waals surface area contributed by atoms with Crippen LogP contribution >= 0.6 is 7.82 Å². The van der Waals surface area contributed by atoms with Crippen LogP contribution < -0.4 is 5.73 Å². The monoisotopic (exact) mass is 1070 g/mol. The molecular formula is C65H112NO8P. The van der Waals surface area contributed by atoms with Crippen molar-refractivity contribution in [3.05, 3.63) is 109 Å². The van der Waals surface area contributed by atoms with Crippen molar-refractivity contribution in [2.24, 2.45) is 5.73 Å².